The van der Waals surface area contributed by atoms with Crippen LogP contribution in [0.2, 0.25) is 0 Å². The quantitative estimate of drug-likeness (QED) is 0.469. The average molecular weight is 353 g/mol. The van der Waals surface area contributed by atoms with Crippen LogP contribution in [0.25, 0.3) is 23.5 Å². The van der Waals surface area contributed by atoms with Crippen LogP contribution < -0.4 is 15.4 Å². The van der Waals surface area contributed by atoms with Crippen molar-refractivity contribution >= 4 is 18.1 Å². The highest BCUT2D eigenvalue weighted by Gasteiger charge is 2.08. The van der Waals surface area contributed by atoms with Crippen molar-refractivity contribution in [2.24, 2.45) is 0 Å². The number of carbonyl (C=O) groups is 1. The van der Waals surface area contributed by atoms with Crippen LogP contribution in [-0.2, 0) is 4.79 Å². The van der Waals surface area contributed by atoms with Crippen LogP contribution in [0.5, 0.6) is 5.75 Å². The fraction of sp³-hybridized carbons (Fsp3) is 0.250. The highest BCUT2D eigenvalue weighted by atomic mass is 16.5. The predicted molar refractivity (Wildman–Crippen MR) is 101 cm³/mol. The van der Waals surface area contributed by atoms with Crippen LogP contribution in [0.3, 0.4) is 0 Å². The third-order valence-electron chi connectivity index (χ3n) is 4.16. The van der Waals surface area contributed by atoms with Crippen LogP contribution in [0.4, 0.5) is 0 Å². The molecule has 0 saturated carbocycles. The Labute approximate surface area is 151 Å². The molecule has 0 atom stereocenters. The van der Waals surface area contributed by atoms with Crippen molar-refractivity contribution in [3.05, 3.63) is 52.9 Å². The number of hydrogen-bond acceptors (Lipinski definition) is 2. The van der Waals surface area contributed by atoms with Crippen molar-refractivity contribution < 1.29 is 14.6 Å². The van der Waals surface area contributed by atoms with Crippen molar-refractivity contribution in [2.75, 3.05) is 7.11 Å². The Kier molecular flexibility index (Phi) is 5.63. The van der Waals surface area contributed by atoms with E-state index >= 15 is 0 Å². The molecule has 0 saturated heterocycles. The Balaban J connectivity index is 1.74. The molecule has 0 aromatic carbocycles. The van der Waals surface area contributed by atoms with Crippen molar-refractivity contribution in [1.82, 2.24) is 15.0 Å². The van der Waals surface area contributed by atoms with E-state index in [1.807, 2.05) is 42.6 Å². The molecule has 0 unspecified atom stereocenters. The number of hydrogen-bond donors (Lipinski definition) is 4. The van der Waals surface area contributed by atoms with Gasteiger partial charge in [-0.15, -0.1) is 0 Å². The van der Waals surface area contributed by atoms with Crippen molar-refractivity contribution in [1.29, 1.82) is 0 Å². The van der Waals surface area contributed by atoms with Gasteiger partial charge in [-0.05, 0) is 49.6 Å². The number of nitrogens with one attached hydrogen (secondary N) is 3. The molecule has 0 amide bonds. The Hall–Kier alpha value is -3.15. The number of ether oxygens (including phenoxy) is 1. The second-order valence-electron chi connectivity index (χ2n) is 6.11. The zero-order chi connectivity index (χ0) is 18.4. The fourth-order valence-electron chi connectivity index (χ4n) is 2.84. The third kappa shape index (κ3) is 4.47. The number of methoxy groups -OCH3 is 1. The van der Waals surface area contributed by atoms with E-state index in [9.17, 15) is 4.79 Å². The summed E-state index contributed by atoms with van der Waals surface area (Å²) in [5.74, 6) is 0.0452. The molecule has 0 aliphatic carbocycles. The summed E-state index contributed by atoms with van der Waals surface area (Å²) in [6.07, 6.45) is 8.64. The lowest BCUT2D eigenvalue weighted by atomic mass is 10.2. The topological polar surface area (TPSA) is 93.9 Å². The molecule has 0 fully saturated rings. The molecule has 0 aliphatic heterocycles. The van der Waals surface area contributed by atoms with Gasteiger partial charge in [-0.3, -0.25) is 4.79 Å². The van der Waals surface area contributed by atoms with E-state index in [0.29, 0.717) is 6.42 Å². The lowest BCUT2D eigenvalue weighted by molar-refractivity contribution is -0.137. The third-order valence-corrected chi connectivity index (χ3v) is 4.16. The SMILES string of the molecule is COc1cc(-c2ccc[nH]2)[nH]c1C=c1ccc(=CCCCCC(=O)O)[nH]1. The molecule has 26 heavy (non-hydrogen) atoms. The number of aromatic amines is 3. The Bertz CT molecular complexity index is 965. The number of carboxylic acids is 1. The van der Waals surface area contributed by atoms with Crippen LogP contribution in [0.1, 0.15) is 31.4 Å². The average Bonchev–Trinajstić information content (AvgIpc) is 3.35. The first-order valence-electron chi connectivity index (χ1n) is 8.65. The Morgan fingerprint density at radius 2 is 2.00 bits per heavy atom. The Morgan fingerprint density at radius 3 is 2.73 bits per heavy atom. The first-order chi connectivity index (χ1) is 12.7. The van der Waals surface area contributed by atoms with Crippen molar-refractivity contribution in [3.8, 4) is 17.1 Å². The van der Waals surface area contributed by atoms with Gasteiger partial charge in [0.05, 0.1) is 24.2 Å². The maximum atomic E-state index is 10.5. The molecular weight excluding hydrogens is 330 g/mol. The molecule has 6 heteroatoms. The number of H-pyrrole nitrogens is 3. The molecule has 3 aromatic heterocycles. The zero-order valence-electron chi connectivity index (χ0n) is 14.7. The highest BCUT2D eigenvalue weighted by molar-refractivity contribution is 5.66. The number of rotatable bonds is 8. The lowest BCUT2D eigenvalue weighted by Crippen LogP contribution is -2.09. The molecule has 0 bridgehead atoms. The number of aliphatic carboxylic acids is 1. The van der Waals surface area contributed by atoms with E-state index in [1.165, 1.54) is 0 Å². The van der Waals surface area contributed by atoms with E-state index < -0.39 is 5.97 Å². The lowest BCUT2D eigenvalue weighted by Gasteiger charge is -1.95. The molecule has 3 rings (SSSR count). The second-order valence-corrected chi connectivity index (χ2v) is 6.11. The summed E-state index contributed by atoms with van der Waals surface area (Å²) in [6.45, 7) is 0. The number of unbranched alkanes of at least 4 members (excludes halogenated alkanes) is 2. The summed E-state index contributed by atoms with van der Waals surface area (Å²) in [4.78, 5) is 20.4. The first-order valence-corrected chi connectivity index (χ1v) is 8.65. The molecule has 136 valence electrons. The fourth-order valence-corrected chi connectivity index (χ4v) is 2.84. The van der Waals surface area contributed by atoms with E-state index in [-0.39, 0.29) is 6.42 Å². The molecule has 4 N–H and O–H groups in total. The monoisotopic (exact) mass is 353 g/mol. The maximum Gasteiger partial charge on any atom is 0.303 e. The summed E-state index contributed by atoms with van der Waals surface area (Å²) >= 11 is 0. The second kappa shape index (κ2) is 8.29. The van der Waals surface area contributed by atoms with E-state index in [2.05, 4.69) is 21.0 Å². The molecule has 0 aliphatic rings. The van der Waals surface area contributed by atoms with Crippen LogP contribution in [0, 0.1) is 0 Å². The number of carboxylic acid groups (broad SMARTS) is 1. The van der Waals surface area contributed by atoms with Gasteiger partial charge in [0.1, 0.15) is 5.75 Å². The molecule has 0 radical (unpaired) electrons. The molecule has 6 nitrogen and oxygen atoms in total. The summed E-state index contributed by atoms with van der Waals surface area (Å²) in [5.41, 5.74) is 2.87. The van der Waals surface area contributed by atoms with Crippen LogP contribution >= 0.6 is 0 Å². The minimum absolute atomic E-state index is 0.230. The van der Waals surface area contributed by atoms with Gasteiger partial charge in [-0.1, -0.05) is 6.08 Å². The van der Waals surface area contributed by atoms with Gasteiger partial charge in [0.15, 0.2) is 0 Å². The van der Waals surface area contributed by atoms with E-state index in [1.54, 1.807) is 7.11 Å². The van der Waals surface area contributed by atoms with Crippen molar-refractivity contribution in [2.45, 2.75) is 25.7 Å². The maximum absolute atomic E-state index is 10.5. The summed E-state index contributed by atoms with van der Waals surface area (Å²) in [5, 5.41) is 10.6. The molecule has 0 spiro atoms. The summed E-state index contributed by atoms with van der Waals surface area (Å²) in [6, 6.07) is 9.95. The smallest absolute Gasteiger partial charge is 0.303 e. The summed E-state index contributed by atoms with van der Waals surface area (Å²) < 4.78 is 5.47. The largest absolute Gasteiger partial charge is 0.494 e. The van der Waals surface area contributed by atoms with Gasteiger partial charge in [-0.2, -0.15) is 0 Å². The van der Waals surface area contributed by atoms with Crippen LogP contribution in [-0.4, -0.2) is 33.1 Å². The zero-order valence-corrected chi connectivity index (χ0v) is 14.7. The molecule has 3 aromatic rings. The van der Waals surface area contributed by atoms with Gasteiger partial charge in [0.25, 0.3) is 0 Å². The van der Waals surface area contributed by atoms with Gasteiger partial charge < -0.3 is 24.8 Å². The van der Waals surface area contributed by atoms with Gasteiger partial charge in [0, 0.05) is 29.4 Å². The van der Waals surface area contributed by atoms with Gasteiger partial charge >= 0.3 is 5.97 Å². The number of aromatic nitrogens is 3. The minimum atomic E-state index is -0.736. The summed E-state index contributed by atoms with van der Waals surface area (Å²) in [7, 11) is 1.66. The normalized spacial score (nSPS) is 12.7. The van der Waals surface area contributed by atoms with Gasteiger partial charge in [0.2, 0.25) is 0 Å². The van der Waals surface area contributed by atoms with Crippen molar-refractivity contribution in [3.63, 3.8) is 0 Å². The van der Waals surface area contributed by atoms with Gasteiger partial charge in [-0.25, -0.2) is 0 Å². The van der Waals surface area contributed by atoms with E-state index in [4.69, 9.17) is 9.84 Å². The van der Waals surface area contributed by atoms with Crippen LogP contribution in [0.15, 0.2) is 36.5 Å². The molecular formula is C20H23N3O3. The standard InChI is InChI=1S/C20H23N3O3/c1-26-19-13-17(16-7-5-11-21-16)23-18(19)12-15-10-9-14(22-15)6-3-2-4-8-20(24)25/h5-7,9-13,21-23H,2-4,8H2,1H3,(H,24,25). The predicted octanol–water partition coefficient (Wildman–Crippen LogP) is 2.60. The Morgan fingerprint density at radius 1 is 1.15 bits per heavy atom. The minimum Gasteiger partial charge on any atom is -0.494 e. The molecule has 3 heterocycles. The highest BCUT2D eigenvalue weighted by Crippen LogP contribution is 2.26. The first kappa shape index (κ1) is 17.7. The van der Waals surface area contributed by atoms with E-state index in [0.717, 1.165) is 46.4 Å².